The third-order valence-corrected chi connectivity index (χ3v) is 5.37. The molecule has 0 aromatic heterocycles. The summed E-state index contributed by atoms with van der Waals surface area (Å²) >= 11 is 0. The summed E-state index contributed by atoms with van der Waals surface area (Å²) in [7, 11) is 0. The van der Waals surface area contributed by atoms with Crippen LogP contribution in [0.2, 0.25) is 0 Å². The van der Waals surface area contributed by atoms with Gasteiger partial charge < -0.3 is 18.9 Å². The molecule has 0 atom stereocenters. The second-order valence-electron chi connectivity index (χ2n) is 8.32. The third kappa shape index (κ3) is 6.53. The molecule has 0 spiro atoms. The largest absolute Gasteiger partial charge is 0.486 e. The van der Waals surface area contributed by atoms with Gasteiger partial charge in [0.05, 0.1) is 13.2 Å². The zero-order valence-corrected chi connectivity index (χ0v) is 21.4. The number of carbonyl (C=O) groups excluding carboxylic acids is 2. The highest BCUT2D eigenvalue weighted by atomic mass is 16.6. The van der Waals surface area contributed by atoms with Crippen LogP contribution in [0.25, 0.3) is 10.8 Å². The Hall–Kier alpha value is -4.72. The average molecular weight is 515 g/mol. The molecule has 8 nitrogen and oxygen atoms in total. The number of hydrogen-bond donors (Lipinski definition) is 2. The Labute approximate surface area is 221 Å². The van der Waals surface area contributed by atoms with Gasteiger partial charge in [0.2, 0.25) is 11.5 Å². The van der Waals surface area contributed by atoms with Crippen LogP contribution < -0.4 is 29.6 Å². The number of benzene rings is 4. The van der Waals surface area contributed by atoms with Crippen LogP contribution in [0, 0.1) is 0 Å². The first kappa shape index (κ1) is 26.3. The molecule has 2 amide bonds. The Balaban J connectivity index is 1.79. The standard InChI is InChI=1S/C30H30N2O6/c1-3-19-35-27-25(37-29(33)31-21-13-7-5-8-14-21)23-17-11-12-18-24(23)26(28(27)36-20-4-2)38-30(34)32-22-15-9-6-10-16-22/h5-18H,3-4,19-20H2,1-2H3,(H,31,33)(H,32,34). The molecule has 0 unspecified atom stereocenters. The van der Waals surface area contributed by atoms with E-state index in [4.69, 9.17) is 18.9 Å². The van der Waals surface area contributed by atoms with Gasteiger partial charge in [-0.25, -0.2) is 9.59 Å². The van der Waals surface area contributed by atoms with Gasteiger partial charge in [0.15, 0.2) is 11.5 Å². The van der Waals surface area contributed by atoms with Gasteiger partial charge in [0.1, 0.15) is 0 Å². The highest BCUT2D eigenvalue weighted by Crippen LogP contribution is 2.51. The molecule has 4 aromatic rings. The molecule has 38 heavy (non-hydrogen) atoms. The lowest BCUT2D eigenvalue weighted by Crippen LogP contribution is -2.19. The van der Waals surface area contributed by atoms with Crippen molar-refractivity contribution in [2.75, 3.05) is 23.8 Å². The van der Waals surface area contributed by atoms with Crippen molar-refractivity contribution < 1.29 is 28.5 Å². The Morgan fingerprint density at radius 3 is 1.29 bits per heavy atom. The van der Waals surface area contributed by atoms with E-state index in [2.05, 4.69) is 10.6 Å². The highest BCUT2D eigenvalue weighted by molar-refractivity contribution is 6.02. The topological polar surface area (TPSA) is 95.1 Å². The average Bonchev–Trinajstić information content (AvgIpc) is 2.93. The Bertz CT molecular complexity index is 1270. The summed E-state index contributed by atoms with van der Waals surface area (Å²) < 4.78 is 23.8. The Morgan fingerprint density at radius 2 is 0.921 bits per heavy atom. The van der Waals surface area contributed by atoms with Crippen molar-refractivity contribution in [3.63, 3.8) is 0 Å². The van der Waals surface area contributed by atoms with Crippen LogP contribution in [0.1, 0.15) is 26.7 Å². The van der Waals surface area contributed by atoms with Crippen LogP contribution >= 0.6 is 0 Å². The first-order valence-corrected chi connectivity index (χ1v) is 12.5. The smallest absolute Gasteiger partial charge is 0.417 e. The number of ether oxygens (including phenoxy) is 4. The Morgan fingerprint density at radius 1 is 0.553 bits per heavy atom. The van der Waals surface area contributed by atoms with Crippen molar-refractivity contribution in [2.24, 2.45) is 0 Å². The maximum absolute atomic E-state index is 12.9. The molecule has 0 radical (unpaired) electrons. The summed E-state index contributed by atoms with van der Waals surface area (Å²) in [5.74, 6) is 0.711. The van der Waals surface area contributed by atoms with E-state index in [0.717, 1.165) is 0 Å². The fourth-order valence-corrected chi connectivity index (χ4v) is 3.72. The number of para-hydroxylation sites is 2. The van der Waals surface area contributed by atoms with Crippen LogP contribution in [0.5, 0.6) is 23.0 Å². The van der Waals surface area contributed by atoms with Crippen molar-refractivity contribution in [3.05, 3.63) is 84.9 Å². The highest BCUT2D eigenvalue weighted by Gasteiger charge is 2.28. The van der Waals surface area contributed by atoms with Crippen LogP contribution in [0.15, 0.2) is 84.9 Å². The summed E-state index contributed by atoms with van der Waals surface area (Å²) in [6, 6.07) is 25.1. The van der Waals surface area contributed by atoms with E-state index >= 15 is 0 Å². The van der Waals surface area contributed by atoms with Gasteiger partial charge in [-0.3, -0.25) is 10.6 Å². The summed E-state index contributed by atoms with van der Waals surface area (Å²) in [5, 5.41) is 6.49. The summed E-state index contributed by atoms with van der Waals surface area (Å²) in [5.41, 5.74) is 1.16. The first-order valence-electron chi connectivity index (χ1n) is 12.5. The summed E-state index contributed by atoms with van der Waals surface area (Å²) in [6.07, 6.45) is 0.0000729. The predicted octanol–water partition coefficient (Wildman–Crippen LogP) is 7.64. The van der Waals surface area contributed by atoms with Crippen molar-refractivity contribution in [2.45, 2.75) is 26.7 Å². The number of anilines is 2. The van der Waals surface area contributed by atoms with Crippen LogP contribution in [0.4, 0.5) is 21.0 Å². The lowest BCUT2D eigenvalue weighted by Gasteiger charge is -2.21. The molecular weight excluding hydrogens is 484 g/mol. The molecule has 4 rings (SSSR count). The van der Waals surface area contributed by atoms with Crippen LogP contribution in [-0.4, -0.2) is 25.4 Å². The maximum atomic E-state index is 12.9. The summed E-state index contributed by atoms with van der Waals surface area (Å²) in [4.78, 5) is 25.8. The minimum atomic E-state index is -0.695. The Kier molecular flexibility index (Phi) is 9.02. The first-order chi connectivity index (χ1) is 18.6. The molecule has 0 fully saturated rings. The molecule has 196 valence electrons. The van der Waals surface area contributed by atoms with E-state index in [0.29, 0.717) is 48.2 Å². The molecule has 0 aliphatic carbocycles. The van der Waals surface area contributed by atoms with Crippen molar-refractivity contribution >= 4 is 34.3 Å². The minimum Gasteiger partial charge on any atom is -0.486 e. The molecule has 4 aromatic carbocycles. The fourth-order valence-electron chi connectivity index (χ4n) is 3.72. The lowest BCUT2D eigenvalue weighted by atomic mass is 10.1. The van der Waals surface area contributed by atoms with E-state index in [1.165, 1.54) is 0 Å². The number of hydrogen-bond acceptors (Lipinski definition) is 6. The van der Waals surface area contributed by atoms with E-state index in [-0.39, 0.29) is 23.0 Å². The van der Waals surface area contributed by atoms with Crippen LogP contribution in [0.3, 0.4) is 0 Å². The molecule has 0 aliphatic heterocycles. The number of carbonyl (C=O) groups is 2. The molecule has 8 heteroatoms. The van der Waals surface area contributed by atoms with Gasteiger partial charge in [-0.2, -0.15) is 0 Å². The number of fused-ring (bicyclic) bond motifs is 1. The van der Waals surface area contributed by atoms with E-state index in [9.17, 15) is 9.59 Å². The molecule has 2 N–H and O–H groups in total. The third-order valence-electron chi connectivity index (χ3n) is 5.37. The van der Waals surface area contributed by atoms with Crippen molar-refractivity contribution in [1.82, 2.24) is 0 Å². The fraction of sp³-hybridized carbons (Fsp3) is 0.200. The molecule has 0 aliphatic rings. The van der Waals surface area contributed by atoms with Crippen LogP contribution in [-0.2, 0) is 0 Å². The van der Waals surface area contributed by atoms with Gasteiger partial charge in [-0.1, -0.05) is 74.5 Å². The molecule has 0 bridgehead atoms. The van der Waals surface area contributed by atoms with E-state index in [1.807, 2.05) is 50.2 Å². The summed E-state index contributed by atoms with van der Waals surface area (Å²) in [6.45, 7) is 4.57. The number of amides is 2. The predicted molar refractivity (Wildman–Crippen MR) is 148 cm³/mol. The molecule has 0 saturated carbocycles. The van der Waals surface area contributed by atoms with Gasteiger partial charge in [0.25, 0.3) is 0 Å². The maximum Gasteiger partial charge on any atom is 0.417 e. The quantitative estimate of drug-likeness (QED) is 0.226. The molecule has 0 saturated heterocycles. The van der Waals surface area contributed by atoms with Crippen molar-refractivity contribution in [1.29, 1.82) is 0 Å². The van der Waals surface area contributed by atoms with E-state index in [1.54, 1.807) is 48.5 Å². The normalized spacial score (nSPS) is 10.5. The monoisotopic (exact) mass is 514 g/mol. The van der Waals surface area contributed by atoms with Gasteiger partial charge in [0, 0.05) is 22.1 Å². The van der Waals surface area contributed by atoms with Gasteiger partial charge in [-0.05, 0) is 37.1 Å². The lowest BCUT2D eigenvalue weighted by molar-refractivity contribution is 0.204. The number of nitrogens with one attached hydrogen (secondary N) is 2. The SMILES string of the molecule is CCCOc1c(OCCC)c(OC(=O)Nc2ccccc2)c2ccccc2c1OC(=O)Nc1ccccc1. The van der Waals surface area contributed by atoms with Gasteiger partial charge >= 0.3 is 12.2 Å². The van der Waals surface area contributed by atoms with E-state index < -0.39 is 12.2 Å². The number of rotatable bonds is 10. The molecular formula is C30H30N2O6. The second kappa shape index (κ2) is 13.0. The zero-order valence-electron chi connectivity index (χ0n) is 21.4. The minimum absolute atomic E-state index is 0.171. The second-order valence-corrected chi connectivity index (χ2v) is 8.32. The molecule has 0 heterocycles. The van der Waals surface area contributed by atoms with Crippen molar-refractivity contribution in [3.8, 4) is 23.0 Å². The van der Waals surface area contributed by atoms with Gasteiger partial charge in [-0.15, -0.1) is 0 Å². The zero-order chi connectivity index (χ0) is 26.7.